The first-order valence-corrected chi connectivity index (χ1v) is 13.7. The summed E-state index contributed by atoms with van der Waals surface area (Å²) in [5, 5.41) is 9.12. The summed E-state index contributed by atoms with van der Waals surface area (Å²) in [7, 11) is 1.46. The topological polar surface area (TPSA) is 73.9 Å². The Labute approximate surface area is 227 Å². The lowest BCUT2D eigenvalue weighted by atomic mass is 10.0. The van der Waals surface area contributed by atoms with E-state index in [2.05, 4.69) is 57.3 Å². The third kappa shape index (κ3) is 7.79. The number of nitrogens with zero attached hydrogens (tertiary/aromatic N) is 2. The van der Waals surface area contributed by atoms with Crippen molar-refractivity contribution in [3.63, 3.8) is 0 Å². The second-order valence-electron chi connectivity index (χ2n) is 9.01. The smallest absolute Gasteiger partial charge is 0.246 e. The molecule has 1 aromatic heterocycles. The van der Waals surface area contributed by atoms with E-state index in [1.165, 1.54) is 23.2 Å². The molecule has 0 bridgehead atoms. The van der Waals surface area contributed by atoms with Crippen molar-refractivity contribution in [3.8, 4) is 0 Å². The number of nitrogens with one attached hydrogen (secondary N) is 2. The van der Waals surface area contributed by atoms with Crippen molar-refractivity contribution in [2.24, 2.45) is 0 Å². The van der Waals surface area contributed by atoms with Crippen molar-refractivity contribution < 1.29 is 14.3 Å². The molecule has 1 atom stereocenters. The number of methoxy groups -OCH3 is 1. The van der Waals surface area contributed by atoms with Gasteiger partial charge in [-0.15, -0.1) is 11.3 Å². The summed E-state index contributed by atoms with van der Waals surface area (Å²) in [5.41, 5.74) is 3.37. The Morgan fingerprint density at radius 1 is 1.00 bits per heavy atom. The van der Waals surface area contributed by atoms with Gasteiger partial charge in [0.1, 0.15) is 12.6 Å². The van der Waals surface area contributed by atoms with Crippen LogP contribution >= 0.6 is 22.9 Å². The second kappa shape index (κ2) is 13.6. The van der Waals surface area contributed by atoms with Crippen molar-refractivity contribution in [1.82, 2.24) is 15.5 Å². The molecule has 196 valence electrons. The largest absolute Gasteiger partial charge is 0.375 e. The summed E-state index contributed by atoms with van der Waals surface area (Å²) in [6.45, 7) is 4.18. The van der Waals surface area contributed by atoms with Crippen molar-refractivity contribution >= 4 is 40.4 Å². The van der Waals surface area contributed by atoms with Crippen LogP contribution in [0.2, 0.25) is 5.02 Å². The molecule has 0 saturated carbocycles. The number of para-hydroxylation sites is 1. The van der Waals surface area contributed by atoms with Crippen LogP contribution in [0.4, 0.5) is 5.69 Å². The van der Waals surface area contributed by atoms with Gasteiger partial charge < -0.3 is 25.2 Å². The van der Waals surface area contributed by atoms with E-state index in [0.717, 1.165) is 31.7 Å². The quantitative estimate of drug-likeness (QED) is 0.388. The summed E-state index contributed by atoms with van der Waals surface area (Å²) in [4.78, 5) is 31.3. The van der Waals surface area contributed by atoms with Gasteiger partial charge in [-0.3, -0.25) is 9.59 Å². The lowest BCUT2D eigenvalue weighted by molar-refractivity contribution is -0.137. The normalized spacial score (nSPS) is 14.4. The summed E-state index contributed by atoms with van der Waals surface area (Å²) in [6, 6.07) is 19.3. The average Bonchev–Trinajstić information content (AvgIpc) is 3.43. The van der Waals surface area contributed by atoms with E-state index in [9.17, 15) is 9.59 Å². The first-order chi connectivity index (χ1) is 18.0. The highest BCUT2D eigenvalue weighted by Gasteiger charge is 2.29. The van der Waals surface area contributed by atoms with E-state index in [0.29, 0.717) is 24.5 Å². The van der Waals surface area contributed by atoms with Crippen molar-refractivity contribution in [3.05, 3.63) is 87.1 Å². The molecule has 2 aromatic carbocycles. The Morgan fingerprint density at radius 3 is 2.46 bits per heavy atom. The lowest BCUT2D eigenvalue weighted by Gasteiger charge is -2.38. The van der Waals surface area contributed by atoms with Crippen LogP contribution in [0.5, 0.6) is 0 Å². The highest BCUT2D eigenvalue weighted by Crippen LogP contribution is 2.23. The number of rotatable bonds is 11. The van der Waals surface area contributed by atoms with Gasteiger partial charge in [-0.1, -0.05) is 48.0 Å². The number of benzene rings is 2. The summed E-state index contributed by atoms with van der Waals surface area (Å²) >= 11 is 7.77. The van der Waals surface area contributed by atoms with E-state index in [4.69, 9.17) is 16.3 Å². The standard InChI is InChI=1S/C28H33ClN4O3S/c1-36-20-27(34)31-25(17-21-8-10-23(29)11-9-21)28(35)33-14-12-32(13-15-33)26-7-3-2-5-22(26)18-30-19-24-6-4-16-37-24/h2-11,16,25,30H,12-15,17-20H2,1H3,(H,31,34)/t25-/m1/s1. The van der Waals surface area contributed by atoms with E-state index in [1.54, 1.807) is 23.5 Å². The van der Waals surface area contributed by atoms with Gasteiger partial charge in [-0.2, -0.15) is 0 Å². The Balaban J connectivity index is 1.37. The Morgan fingerprint density at radius 2 is 1.76 bits per heavy atom. The van der Waals surface area contributed by atoms with Crippen molar-refractivity contribution in [2.45, 2.75) is 25.6 Å². The molecule has 9 heteroatoms. The van der Waals surface area contributed by atoms with Crippen LogP contribution in [0.25, 0.3) is 0 Å². The molecule has 1 fully saturated rings. The minimum atomic E-state index is -0.663. The third-order valence-electron chi connectivity index (χ3n) is 6.38. The van der Waals surface area contributed by atoms with Gasteiger partial charge in [-0.25, -0.2) is 0 Å². The monoisotopic (exact) mass is 540 g/mol. The van der Waals surface area contributed by atoms with Gasteiger partial charge in [-0.05, 0) is 40.8 Å². The highest BCUT2D eigenvalue weighted by atomic mass is 35.5. The van der Waals surface area contributed by atoms with Crippen LogP contribution in [-0.2, 0) is 33.8 Å². The van der Waals surface area contributed by atoms with Crippen LogP contribution in [0.15, 0.2) is 66.0 Å². The van der Waals surface area contributed by atoms with Crippen LogP contribution in [0.3, 0.4) is 0 Å². The molecule has 0 radical (unpaired) electrons. The molecule has 0 aliphatic carbocycles. The van der Waals surface area contributed by atoms with Gasteiger partial charge >= 0.3 is 0 Å². The Kier molecular flexibility index (Phi) is 9.96. The molecule has 0 spiro atoms. The van der Waals surface area contributed by atoms with Crippen LogP contribution in [0.1, 0.15) is 16.0 Å². The number of amides is 2. The van der Waals surface area contributed by atoms with Gasteiger partial charge in [0.25, 0.3) is 0 Å². The average molecular weight is 541 g/mol. The van der Waals surface area contributed by atoms with E-state index in [-0.39, 0.29) is 18.4 Å². The molecular formula is C28H33ClN4O3S. The first kappa shape index (κ1) is 27.1. The zero-order valence-corrected chi connectivity index (χ0v) is 22.6. The Hall–Kier alpha value is -2.91. The maximum absolute atomic E-state index is 13.5. The molecule has 2 heterocycles. The SMILES string of the molecule is COCC(=O)N[C@H](Cc1ccc(Cl)cc1)C(=O)N1CCN(c2ccccc2CNCc2cccs2)CC1. The van der Waals surface area contributed by atoms with Gasteiger partial charge in [0.05, 0.1) is 0 Å². The molecule has 1 saturated heterocycles. The fourth-order valence-corrected chi connectivity index (χ4v) is 5.31. The fourth-order valence-electron chi connectivity index (χ4n) is 4.51. The number of carbonyl (C=O) groups is 2. The van der Waals surface area contributed by atoms with Gasteiger partial charge in [0.15, 0.2) is 0 Å². The molecular weight excluding hydrogens is 508 g/mol. The maximum atomic E-state index is 13.5. The minimum Gasteiger partial charge on any atom is -0.375 e. The second-order valence-corrected chi connectivity index (χ2v) is 10.5. The van der Waals surface area contributed by atoms with Crippen LogP contribution < -0.4 is 15.5 Å². The number of ether oxygens (including phenoxy) is 1. The fraction of sp³-hybridized carbons (Fsp3) is 0.357. The van der Waals surface area contributed by atoms with Gasteiger partial charge in [0.2, 0.25) is 11.8 Å². The molecule has 0 unspecified atom stereocenters. The number of carbonyl (C=O) groups excluding carboxylic acids is 2. The summed E-state index contributed by atoms with van der Waals surface area (Å²) in [5.74, 6) is -0.387. The lowest BCUT2D eigenvalue weighted by Crippen LogP contribution is -2.56. The molecule has 2 N–H and O–H groups in total. The van der Waals surface area contributed by atoms with Crippen LogP contribution in [0, 0.1) is 0 Å². The zero-order valence-electron chi connectivity index (χ0n) is 21.0. The number of piperazine rings is 1. The number of hydrogen-bond donors (Lipinski definition) is 2. The van der Waals surface area contributed by atoms with E-state index in [1.807, 2.05) is 17.0 Å². The molecule has 1 aliphatic rings. The molecule has 4 rings (SSSR count). The summed E-state index contributed by atoms with van der Waals surface area (Å²) < 4.78 is 4.95. The predicted molar refractivity (Wildman–Crippen MR) is 149 cm³/mol. The van der Waals surface area contributed by atoms with Crippen LogP contribution in [-0.4, -0.2) is 62.7 Å². The third-order valence-corrected chi connectivity index (χ3v) is 7.51. The van der Waals surface area contributed by atoms with Crippen molar-refractivity contribution in [2.75, 3.05) is 44.8 Å². The first-order valence-electron chi connectivity index (χ1n) is 12.4. The zero-order chi connectivity index (χ0) is 26.0. The van der Waals surface area contributed by atoms with E-state index >= 15 is 0 Å². The highest BCUT2D eigenvalue weighted by molar-refractivity contribution is 7.09. The minimum absolute atomic E-state index is 0.0787. The number of anilines is 1. The molecule has 1 aliphatic heterocycles. The molecule has 37 heavy (non-hydrogen) atoms. The summed E-state index contributed by atoms with van der Waals surface area (Å²) in [6.07, 6.45) is 0.393. The number of hydrogen-bond acceptors (Lipinski definition) is 6. The maximum Gasteiger partial charge on any atom is 0.246 e. The predicted octanol–water partition coefficient (Wildman–Crippen LogP) is 3.71. The molecule has 2 amide bonds. The Bertz CT molecular complexity index is 1150. The number of halogens is 1. The number of thiophene rings is 1. The molecule has 7 nitrogen and oxygen atoms in total. The molecule has 3 aromatic rings. The van der Waals surface area contributed by atoms with Crippen molar-refractivity contribution in [1.29, 1.82) is 0 Å². The van der Waals surface area contributed by atoms with Gasteiger partial charge in [0, 0.05) is 68.4 Å². The van der Waals surface area contributed by atoms with E-state index < -0.39 is 6.04 Å².